The van der Waals surface area contributed by atoms with Crippen LogP contribution in [0.2, 0.25) is 0 Å². The molecular weight excluding hydrogens is 410 g/mol. The summed E-state index contributed by atoms with van der Waals surface area (Å²) in [5.41, 5.74) is 1.74. The van der Waals surface area contributed by atoms with Gasteiger partial charge in [0, 0.05) is 5.41 Å². The predicted octanol–water partition coefficient (Wildman–Crippen LogP) is 6.25. The molecule has 3 nitrogen and oxygen atoms in total. The van der Waals surface area contributed by atoms with Crippen molar-refractivity contribution >= 4 is 11.9 Å². The summed E-state index contributed by atoms with van der Waals surface area (Å²) in [6.07, 6.45) is 9.97. The first-order valence-electron chi connectivity index (χ1n) is 12.2. The highest BCUT2D eigenvalue weighted by atomic mass is 19.3. The zero-order valence-corrected chi connectivity index (χ0v) is 19.0. The van der Waals surface area contributed by atoms with E-state index >= 15 is 0 Å². The fourth-order valence-electron chi connectivity index (χ4n) is 7.98. The van der Waals surface area contributed by atoms with Crippen molar-refractivity contribution in [3.8, 4) is 5.75 Å². The van der Waals surface area contributed by atoms with E-state index in [9.17, 15) is 18.7 Å². The normalized spacial score (nSPS) is 42.5. The van der Waals surface area contributed by atoms with Crippen LogP contribution in [0, 0.1) is 34.5 Å². The van der Waals surface area contributed by atoms with E-state index in [-0.39, 0.29) is 23.1 Å². The standard InChI is InChI=1S/C27H34F2O3/c1-26-11-9-19(30)15-18(26)5-8-21-22(26)10-12-27(2)23(21)14-17(24(27)31)13-16-3-6-20(7-4-16)32-25(28)29/h3-4,6-7,13,18-19,21-23,25,30H,5,8-12,14-15H2,1-2H3/b17-13+/t18-,19+,21+,22-,23-,26-,27-/m0/s1. The van der Waals surface area contributed by atoms with Crippen LogP contribution in [-0.2, 0) is 4.79 Å². The summed E-state index contributed by atoms with van der Waals surface area (Å²) in [4.78, 5) is 13.5. The average Bonchev–Trinajstić information content (AvgIpc) is 3.00. The second-order valence-electron chi connectivity index (χ2n) is 11.2. The van der Waals surface area contributed by atoms with E-state index < -0.39 is 6.61 Å². The average molecular weight is 445 g/mol. The topological polar surface area (TPSA) is 46.5 Å². The molecule has 7 atom stereocenters. The van der Waals surface area contributed by atoms with Crippen molar-refractivity contribution in [2.75, 3.05) is 0 Å². The second-order valence-corrected chi connectivity index (χ2v) is 11.2. The number of allylic oxidation sites excluding steroid dienone is 1. The molecule has 4 fully saturated rings. The van der Waals surface area contributed by atoms with Gasteiger partial charge in [-0.3, -0.25) is 4.79 Å². The SMILES string of the molecule is C[C@]12CC[C@@H](O)C[C@@H]1CC[C@@H]1[C@@H]2CC[C@]2(C)C(=O)/C(=C/c3ccc(OC(F)F)cc3)C[C@@H]12. The Hall–Kier alpha value is -1.75. The zero-order chi connectivity index (χ0) is 22.7. The Kier molecular flexibility index (Phi) is 5.47. The Labute approximate surface area is 189 Å². The first-order chi connectivity index (χ1) is 15.2. The lowest BCUT2D eigenvalue weighted by Gasteiger charge is -2.59. The molecule has 4 aliphatic carbocycles. The van der Waals surface area contributed by atoms with Crippen LogP contribution in [0.15, 0.2) is 29.8 Å². The largest absolute Gasteiger partial charge is 0.435 e. The minimum atomic E-state index is -2.84. The van der Waals surface area contributed by atoms with Gasteiger partial charge in [0.1, 0.15) is 5.75 Å². The summed E-state index contributed by atoms with van der Waals surface area (Å²) in [6, 6.07) is 6.54. The molecule has 0 aromatic heterocycles. The number of halogens is 2. The molecule has 0 bridgehead atoms. The van der Waals surface area contributed by atoms with E-state index in [4.69, 9.17) is 0 Å². The van der Waals surface area contributed by atoms with Crippen molar-refractivity contribution in [2.45, 2.75) is 77.9 Å². The maximum Gasteiger partial charge on any atom is 0.387 e. The van der Waals surface area contributed by atoms with Crippen molar-refractivity contribution < 1.29 is 23.4 Å². The maximum atomic E-state index is 13.5. The highest BCUT2D eigenvalue weighted by Gasteiger charge is 2.61. The summed E-state index contributed by atoms with van der Waals surface area (Å²) >= 11 is 0. The van der Waals surface area contributed by atoms with Crippen LogP contribution < -0.4 is 4.74 Å². The van der Waals surface area contributed by atoms with Crippen LogP contribution in [-0.4, -0.2) is 23.6 Å². The minimum absolute atomic E-state index is 0.131. The molecule has 174 valence electrons. The highest BCUT2D eigenvalue weighted by Crippen LogP contribution is 2.66. The van der Waals surface area contributed by atoms with E-state index in [0.29, 0.717) is 29.1 Å². The number of rotatable bonds is 3. The van der Waals surface area contributed by atoms with Gasteiger partial charge >= 0.3 is 6.61 Å². The van der Waals surface area contributed by atoms with Crippen molar-refractivity contribution in [1.29, 1.82) is 0 Å². The fourth-order valence-corrected chi connectivity index (χ4v) is 7.98. The molecule has 4 aliphatic rings. The van der Waals surface area contributed by atoms with Crippen LogP contribution >= 0.6 is 0 Å². The first-order valence-corrected chi connectivity index (χ1v) is 12.2. The van der Waals surface area contributed by atoms with Gasteiger partial charge in [0.15, 0.2) is 5.78 Å². The van der Waals surface area contributed by atoms with Gasteiger partial charge in [-0.25, -0.2) is 0 Å². The Morgan fingerprint density at radius 2 is 1.81 bits per heavy atom. The van der Waals surface area contributed by atoms with Gasteiger partial charge in [-0.05, 0) is 110 Å². The number of carbonyl (C=O) groups excluding carboxylic acids is 1. The smallest absolute Gasteiger partial charge is 0.387 e. The summed E-state index contributed by atoms with van der Waals surface area (Å²) in [7, 11) is 0. The number of aliphatic hydroxyl groups excluding tert-OH is 1. The maximum absolute atomic E-state index is 13.5. The number of carbonyl (C=O) groups is 1. The number of hydrogen-bond acceptors (Lipinski definition) is 3. The number of Topliss-reactive ketones (excluding diaryl/α,β-unsaturated/α-hetero) is 1. The monoisotopic (exact) mass is 444 g/mol. The van der Waals surface area contributed by atoms with Crippen LogP contribution in [0.1, 0.15) is 70.8 Å². The Bertz CT molecular complexity index is 910. The molecule has 0 unspecified atom stereocenters. The Morgan fingerprint density at radius 3 is 2.53 bits per heavy atom. The van der Waals surface area contributed by atoms with Crippen molar-refractivity contribution in [2.24, 2.45) is 34.5 Å². The molecule has 0 radical (unpaired) electrons. The van der Waals surface area contributed by atoms with E-state index in [0.717, 1.165) is 56.1 Å². The molecule has 0 heterocycles. The van der Waals surface area contributed by atoms with E-state index in [1.165, 1.54) is 18.6 Å². The van der Waals surface area contributed by atoms with Crippen LogP contribution in [0.25, 0.3) is 6.08 Å². The third-order valence-electron chi connectivity index (χ3n) is 9.72. The molecule has 32 heavy (non-hydrogen) atoms. The quantitative estimate of drug-likeness (QED) is 0.560. The van der Waals surface area contributed by atoms with Crippen LogP contribution in [0.4, 0.5) is 8.78 Å². The van der Waals surface area contributed by atoms with Crippen LogP contribution in [0.3, 0.4) is 0 Å². The molecule has 0 saturated heterocycles. The second kappa shape index (κ2) is 7.93. The van der Waals surface area contributed by atoms with Crippen molar-refractivity contribution in [1.82, 2.24) is 0 Å². The summed E-state index contributed by atoms with van der Waals surface area (Å²) in [6.45, 7) is 1.80. The first kappa shape index (κ1) is 22.1. The van der Waals surface area contributed by atoms with Gasteiger partial charge in [0.2, 0.25) is 0 Å². The van der Waals surface area contributed by atoms with Crippen molar-refractivity contribution in [3.63, 3.8) is 0 Å². The molecule has 5 heteroatoms. The van der Waals surface area contributed by atoms with E-state index in [2.05, 4.69) is 18.6 Å². The molecule has 1 aromatic rings. The number of ether oxygens (including phenoxy) is 1. The lowest BCUT2D eigenvalue weighted by atomic mass is 9.45. The zero-order valence-electron chi connectivity index (χ0n) is 19.0. The number of hydrogen-bond donors (Lipinski definition) is 1. The fraction of sp³-hybridized carbons (Fsp3) is 0.667. The van der Waals surface area contributed by atoms with Gasteiger partial charge in [-0.2, -0.15) is 8.78 Å². The lowest BCUT2D eigenvalue weighted by molar-refractivity contribution is -0.141. The number of fused-ring (bicyclic) bond motifs is 5. The number of aliphatic hydroxyl groups is 1. The molecule has 1 aromatic carbocycles. The van der Waals surface area contributed by atoms with Gasteiger partial charge in [-0.15, -0.1) is 0 Å². The molecule has 4 saturated carbocycles. The molecular formula is C27H34F2O3. The van der Waals surface area contributed by atoms with Crippen molar-refractivity contribution in [3.05, 3.63) is 35.4 Å². The lowest BCUT2D eigenvalue weighted by Crippen LogP contribution is -2.54. The summed E-state index contributed by atoms with van der Waals surface area (Å²) in [5, 5.41) is 10.2. The molecule has 0 aliphatic heterocycles. The van der Waals surface area contributed by atoms with Gasteiger partial charge in [0.25, 0.3) is 0 Å². The third kappa shape index (κ3) is 3.52. The third-order valence-corrected chi connectivity index (χ3v) is 9.72. The van der Waals surface area contributed by atoms with Gasteiger partial charge < -0.3 is 9.84 Å². The Balaban J connectivity index is 1.38. The van der Waals surface area contributed by atoms with E-state index in [1.54, 1.807) is 12.1 Å². The predicted molar refractivity (Wildman–Crippen MR) is 119 cm³/mol. The summed E-state index contributed by atoms with van der Waals surface area (Å²) in [5.74, 6) is 2.61. The Morgan fingerprint density at radius 1 is 1.06 bits per heavy atom. The number of benzene rings is 1. The minimum Gasteiger partial charge on any atom is -0.435 e. The highest BCUT2D eigenvalue weighted by molar-refractivity contribution is 6.05. The molecule has 0 spiro atoms. The van der Waals surface area contributed by atoms with Gasteiger partial charge in [-0.1, -0.05) is 26.0 Å². The van der Waals surface area contributed by atoms with Gasteiger partial charge in [0.05, 0.1) is 6.10 Å². The molecule has 0 amide bonds. The molecule has 1 N–H and O–H groups in total. The van der Waals surface area contributed by atoms with Crippen LogP contribution in [0.5, 0.6) is 5.75 Å². The number of alkyl halides is 2. The summed E-state index contributed by atoms with van der Waals surface area (Å²) < 4.78 is 29.2. The number of ketones is 1. The van der Waals surface area contributed by atoms with E-state index in [1.807, 2.05) is 6.08 Å². The molecule has 5 rings (SSSR count).